The molecule has 1 aliphatic rings. The Bertz CT molecular complexity index is 2260. The van der Waals surface area contributed by atoms with E-state index < -0.39 is 29.1 Å². The van der Waals surface area contributed by atoms with E-state index in [-0.39, 0.29) is 22.3 Å². The SMILES string of the molecule is Cc1cc(C=NC(c2ccccc2)(c2ccccc2)[C@@H]2OC(C)(C)O[C@H]2C(N=Cc2cc(C)cc(C(C)(C)C)c2O)(c2ccccc2)c2ccccc2)c(O)c(C(C)(C)C)c1. The number of nitrogens with zero attached hydrogens (tertiary/aromatic N) is 2. The van der Waals surface area contributed by atoms with E-state index >= 15 is 0 Å². The molecule has 314 valence electrons. The first-order valence-corrected chi connectivity index (χ1v) is 21.2. The van der Waals surface area contributed by atoms with Crippen LogP contribution in [0, 0.1) is 13.8 Å². The molecule has 0 amide bonds. The van der Waals surface area contributed by atoms with Gasteiger partial charge in [-0.2, -0.15) is 0 Å². The molecule has 1 saturated heterocycles. The molecule has 0 unspecified atom stereocenters. The van der Waals surface area contributed by atoms with Gasteiger partial charge in [0, 0.05) is 34.7 Å². The standard InChI is InChI=1S/C55H60N2O4/c1-37-31-39(47(58)45(33-37)51(3,4)5)35-56-54(41-23-15-11-16-24-41,42-25-17-12-18-26-42)49-50(61-53(9,10)60-49)55(43-27-19-13-20-28-43,44-29-21-14-22-30-44)57-36-40-32-38(2)34-46(48(40)59)52(6,7)8/h11-36,49-50,58-59H,1-10H3/t49-,50-/m1/s1. The fraction of sp³-hybridized carbons (Fsp3) is 0.309. The van der Waals surface area contributed by atoms with Gasteiger partial charge < -0.3 is 19.7 Å². The number of hydrogen-bond donors (Lipinski definition) is 2. The van der Waals surface area contributed by atoms with E-state index in [1.807, 2.05) is 125 Å². The first kappa shape index (κ1) is 43.3. The summed E-state index contributed by atoms with van der Waals surface area (Å²) in [7, 11) is 0. The second kappa shape index (κ2) is 16.6. The van der Waals surface area contributed by atoms with E-state index in [0.29, 0.717) is 11.1 Å². The summed E-state index contributed by atoms with van der Waals surface area (Å²) in [6, 6.07) is 48.9. The maximum Gasteiger partial charge on any atom is 0.164 e. The number of phenols is 2. The zero-order valence-corrected chi connectivity index (χ0v) is 37.3. The van der Waals surface area contributed by atoms with Gasteiger partial charge in [-0.15, -0.1) is 0 Å². The van der Waals surface area contributed by atoms with Crippen LogP contribution in [0.1, 0.15) is 111 Å². The number of aryl methyl sites for hydroxylation is 2. The summed E-state index contributed by atoms with van der Waals surface area (Å²) in [5.41, 5.74) is 5.31. The van der Waals surface area contributed by atoms with Gasteiger partial charge in [0.05, 0.1) is 0 Å². The number of phenolic OH excluding ortho intramolecular Hbond substituents is 2. The molecule has 1 heterocycles. The molecule has 2 atom stereocenters. The quantitative estimate of drug-likeness (QED) is 0.135. The van der Waals surface area contributed by atoms with Crippen molar-refractivity contribution >= 4 is 12.4 Å². The number of rotatable bonds is 10. The minimum Gasteiger partial charge on any atom is -0.507 e. The molecular weight excluding hydrogens is 753 g/mol. The van der Waals surface area contributed by atoms with Gasteiger partial charge in [-0.1, -0.05) is 175 Å². The summed E-state index contributed by atoms with van der Waals surface area (Å²) < 4.78 is 14.7. The van der Waals surface area contributed by atoms with Gasteiger partial charge in [0.1, 0.15) is 34.8 Å². The van der Waals surface area contributed by atoms with Crippen molar-refractivity contribution in [2.24, 2.45) is 9.98 Å². The lowest BCUT2D eigenvalue weighted by atomic mass is 9.69. The highest BCUT2D eigenvalue weighted by Crippen LogP contribution is 2.54. The van der Waals surface area contributed by atoms with Crippen LogP contribution in [0.5, 0.6) is 11.5 Å². The molecule has 61 heavy (non-hydrogen) atoms. The summed E-state index contributed by atoms with van der Waals surface area (Å²) in [6.45, 7) is 20.6. The number of aromatic hydroxyl groups is 2. The molecular formula is C55H60N2O4. The van der Waals surface area contributed by atoms with Crippen molar-refractivity contribution in [3.8, 4) is 11.5 Å². The molecule has 0 bridgehead atoms. The normalized spacial score (nSPS) is 17.3. The van der Waals surface area contributed by atoms with Crippen LogP contribution in [0.2, 0.25) is 0 Å². The third-order valence-corrected chi connectivity index (χ3v) is 11.8. The number of aliphatic imine (C=N–C) groups is 2. The zero-order chi connectivity index (χ0) is 43.8. The van der Waals surface area contributed by atoms with Crippen molar-refractivity contribution in [2.45, 2.75) is 109 Å². The Balaban J connectivity index is 1.59. The van der Waals surface area contributed by atoms with Gasteiger partial charge >= 0.3 is 0 Å². The molecule has 0 spiro atoms. The lowest BCUT2D eigenvalue weighted by Crippen LogP contribution is -2.53. The summed E-state index contributed by atoms with van der Waals surface area (Å²) in [5, 5.41) is 23.8. The molecule has 0 radical (unpaired) electrons. The Kier molecular flexibility index (Phi) is 11.8. The average molecular weight is 813 g/mol. The molecule has 6 nitrogen and oxygen atoms in total. The van der Waals surface area contributed by atoms with Crippen LogP contribution >= 0.6 is 0 Å². The molecule has 6 heteroatoms. The van der Waals surface area contributed by atoms with Gasteiger partial charge in [-0.3, -0.25) is 9.98 Å². The third-order valence-electron chi connectivity index (χ3n) is 11.8. The van der Waals surface area contributed by atoms with E-state index in [1.165, 1.54) is 0 Å². The minimum atomic E-state index is -1.26. The van der Waals surface area contributed by atoms with Crippen molar-refractivity contribution in [3.05, 3.63) is 201 Å². The molecule has 1 fully saturated rings. The molecule has 6 aromatic rings. The molecule has 2 N–H and O–H groups in total. The van der Waals surface area contributed by atoms with Crippen molar-refractivity contribution in [1.29, 1.82) is 0 Å². The van der Waals surface area contributed by atoms with Crippen LogP contribution in [0.25, 0.3) is 0 Å². The topological polar surface area (TPSA) is 83.6 Å². The monoisotopic (exact) mass is 812 g/mol. The lowest BCUT2D eigenvalue weighted by Gasteiger charge is -2.44. The van der Waals surface area contributed by atoms with E-state index in [2.05, 4.69) is 90.1 Å². The summed E-state index contributed by atoms with van der Waals surface area (Å²) >= 11 is 0. The summed E-state index contributed by atoms with van der Waals surface area (Å²) in [5.74, 6) is -0.727. The molecule has 0 aromatic heterocycles. The Labute approximate surface area is 362 Å². The average Bonchev–Trinajstić information content (AvgIpc) is 3.56. The highest BCUT2D eigenvalue weighted by Gasteiger charge is 2.62. The lowest BCUT2D eigenvalue weighted by molar-refractivity contribution is -0.154. The van der Waals surface area contributed by atoms with E-state index in [1.54, 1.807) is 12.4 Å². The van der Waals surface area contributed by atoms with Crippen molar-refractivity contribution in [1.82, 2.24) is 0 Å². The Morgan fingerprint density at radius 1 is 0.475 bits per heavy atom. The molecule has 0 saturated carbocycles. The van der Waals surface area contributed by atoms with E-state index in [0.717, 1.165) is 44.5 Å². The Hall–Kier alpha value is -5.82. The van der Waals surface area contributed by atoms with Crippen LogP contribution < -0.4 is 0 Å². The van der Waals surface area contributed by atoms with E-state index in [4.69, 9.17) is 19.5 Å². The minimum absolute atomic E-state index is 0.192. The highest BCUT2D eigenvalue weighted by molar-refractivity contribution is 5.86. The predicted molar refractivity (Wildman–Crippen MR) is 249 cm³/mol. The summed E-state index contributed by atoms with van der Waals surface area (Å²) in [4.78, 5) is 11.4. The molecule has 1 aliphatic heterocycles. The van der Waals surface area contributed by atoms with Crippen LogP contribution in [0.3, 0.4) is 0 Å². The van der Waals surface area contributed by atoms with Crippen molar-refractivity contribution < 1.29 is 19.7 Å². The smallest absolute Gasteiger partial charge is 0.164 e. The van der Waals surface area contributed by atoms with Gasteiger partial charge in [0.25, 0.3) is 0 Å². The first-order valence-electron chi connectivity index (χ1n) is 21.2. The maximum absolute atomic E-state index is 11.9. The van der Waals surface area contributed by atoms with E-state index in [9.17, 15) is 10.2 Å². The van der Waals surface area contributed by atoms with Gasteiger partial charge in [-0.25, -0.2) is 0 Å². The maximum atomic E-state index is 11.9. The molecule has 0 aliphatic carbocycles. The number of ether oxygens (including phenoxy) is 2. The fourth-order valence-corrected chi connectivity index (χ4v) is 8.87. The van der Waals surface area contributed by atoms with Gasteiger partial charge in [0.2, 0.25) is 0 Å². The van der Waals surface area contributed by atoms with Gasteiger partial charge in [-0.05, 0) is 84.0 Å². The van der Waals surface area contributed by atoms with Crippen molar-refractivity contribution in [3.63, 3.8) is 0 Å². The second-order valence-electron chi connectivity index (χ2n) is 19.0. The summed E-state index contributed by atoms with van der Waals surface area (Å²) in [6.07, 6.45) is 1.95. The van der Waals surface area contributed by atoms with Crippen LogP contribution in [-0.4, -0.2) is 40.6 Å². The fourth-order valence-electron chi connectivity index (χ4n) is 8.87. The largest absolute Gasteiger partial charge is 0.507 e. The molecule has 6 aromatic carbocycles. The molecule has 7 rings (SSSR count). The Morgan fingerprint density at radius 2 is 0.754 bits per heavy atom. The van der Waals surface area contributed by atoms with Gasteiger partial charge in [0.15, 0.2) is 5.79 Å². The van der Waals surface area contributed by atoms with Crippen molar-refractivity contribution in [2.75, 3.05) is 0 Å². The van der Waals surface area contributed by atoms with Crippen LogP contribution in [0.15, 0.2) is 156 Å². The van der Waals surface area contributed by atoms with Crippen LogP contribution in [-0.2, 0) is 31.4 Å². The first-order chi connectivity index (χ1) is 28.9. The predicted octanol–water partition coefficient (Wildman–Crippen LogP) is 12.3. The Morgan fingerprint density at radius 3 is 1.02 bits per heavy atom. The highest BCUT2D eigenvalue weighted by atomic mass is 16.8. The number of hydrogen-bond acceptors (Lipinski definition) is 6. The third kappa shape index (κ3) is 8.44. The zero-order valence-electron chi connectivity index (χ0n) is 37.3. The number of benzene rings is 6. The second-order valence-corrected chi connectivity index (χ2v) is 19.0. The van der Waals surface area contributed by atoms with Crippen LogP contribution in [0.4, 0.5) is 0 Å².